The summed E-state index contributed by atoms with van der Waals surface area (Å²) in [6.45, 7) is 11.8. The van der Waals surface area contributed by atoms with Gasteiger partial charge in [0.15, 0.2) is 12.8 Å². The summed E-state index contributed by atoms with van der Waals surface area (Å²) in [7, 11) is 0. The first kappa shape index (κ1) is 22.4. The molecule has 1 aromatic carbocycles. The molecule has 1 aliphatic heterocycles. The molecule has 6 nitrogen and oxygen atoms in total. The molecule has 1 atom stereocenters. The summed E-state index contributed by atoms with van der Waals surface area (Å²) in [5, 5.41) is 6.57. The van der Waals surface area contributed by atoms with Gasteiger partial charge >= 0.3 is 0 Å². The summed E-state index contributed by atoms with van der Waals surface area (Å²) >= 11 is 0. The fraction of sp³-hybridized carbons (Fsp3) is 0.667. The number of hydrogen-bond donors (Lipinski definition) is 2. The first-order chi connectivity index (χ1) is 13.5. The zero-order valence-electron chi connectivity index (χ0n) is 17.5. The minimum atomic E-state index is -0.265. The van der Waals surface area contributed by atoms with E-state index in [0.29, 0.717) is 32.0 Å². The Hall–Kier alpha value is -1.86. The third kappa shape index (κ3) is 6.95. The van der Waals surface area contributed by atoms with Crippen LogP contribution in [-0.4, -0.2) is 45.1 Å². The Kier molecular flexibility index (Phi) is 9.50. The monoisotopic (exact) mass is 395 g/mol. The summed E-state index contributed by atoms with van der Waals surface area (Å²) in [5.41, 5.74) is 1.61. The molecule has 2 rings (SSSR count). The normalized spacial score (nSPS) is 15.1. The van der Waals surface area contributed by atoms with Crippen LogP contribution in [0, 0.1) is 11.7 Å². The number of nitrogens with one attached hydrogen (secondary N) is 2. The highest BCUT2D eigenvalue weighted by Crippen LogP contribution is 2.29. The molecule has 1 unspecified atom stereocenters. The van der Waals surface area contributed by atoms with Crippen molar-refractivity contribution in [3.63, 3.8) is 0 Å². The van der Waals surface area contributed by atoms with Gasteiger partial charge in [0, 0.05) is 31.8 Å². The zero-order valence-corrected chi connectivity index (χ0v) is 17.5. The van der Waals surface area contributed by atoms with Gasteiger partial charge in [0.25, 0.3) is 0 Å². The van der Waals surface area contributed by atoms with Crippen LogP contribution in [0.4, 0.5) is 4.39 Å². The Bertz CT molecular complexity index is 638. The minimum absolute atomic E-state index is 0.208. The molecule has 0 radical (unpaired) electrons. The average Bonchev–Trinajstić information content (AvgIpc) is 2.67. The van der Waals surface area contributed by atoms with Crippen LogP contribution in [-0.2, 0) is 22.5 Å². The molecule has 7 heteroatoms. The largest absolute Gasteiger partial charge is 0.467 e. The summed E-state index contributed by atoms with van der Waals surface area (Å²) in [6.07, 6.45) is 1.74. The van der Waals surface area contributed by atoms with Gasteiger partial charge in [-0.1, -0.05) is 13.8 Å². The van der Waals surface area contributed by atoms with Crippen LogP contribution >= 0.6 is 0 Å². The Morgan fingerprint density at radius 1 is 1.29 bits per heavy atom. The third-order valence-electron chi connectivity index (χ3n) is 4.59. The van der Waals surface area contributed by atoms with Crippen LogP contribution in [0.3, 0.4) is 0 Å². The van der Waals surface area contributed by atoms with Crippen LogP contribution in [0.5, 0.6) is 5.75 Å². The van der Waals surface area contributed by atoms with E-state index >= 15 is 0 Å². The average molecular weight is 396 g/mol. The van der Waals surface area contributed by atoms with Gasteiger partial charge in [-0.05, 0) is 50.3 Å². The molecule has 0 aromatic heterocycles. The molecule has 0 saturated heterocycles. The molecule has 0 saturated carbocycles. The van der Waals surface area contributed by atoms with Gasteiger partial charge in [0.1, 0.15) is 11.6 Å². The number of fused-ring (bicyclic) bond motifs is 1. The highest BCUT2D eigenvalue weighted by Gasteiger charge is 2.17. The molecule has 1 aromatic rings. The van der Waals surface area contributed by atoms with E-state index in [2.05, 4.69) is 29.5 Å². The molecular weight excluding hydrogens is 361 g/mol. The summed E-state index contributed by atoms with van der Waals surface area (Å²) in [5.74, 6) is 1.71. The van der Waals surface area contributed by atoms with Gasteiger partial charge in [-0.2, -0.15) is 0 Å². The van der Waals surface area contributed by atoms with Crippen molar-refractivity contribution in [2.24, 2.45) is 10.9 Å². The predicted molar refractivity (Wildman–Crippen MR) is 109 cm³/mol. The van der Waals surface area contributed by atoms with Crippen molar-refractivity contribution >= 4 is 5.96 Å². The van der Waals surface area contributed by atoms with Crippen molar-refractivity contribution in [1.29, 1.82) is 0 Å². The lowest BCUT2D eigenvalue weighted by atomic mass is 10.0. The molecule has 0 fully saturated rings. The van der Waals surface area contributed by atoms with E-state index < -0.39 is 0 Å². The van der Waals surface area contributed by atoms with E-state index in [0.717, 1.165) is 42.4 Å². The third-order valence-corrected chi connectivity index (χ3v) is 4.59. The Labute approximate surface area is 167 Å². The molecule has 0 aliphatic carbocycles. The van der Waals surface area contributed by atoms with Crippen LogP contribution < -0.4 is 15.4 Å². The summed E-state index contributed by atoms with van der Waals surface area (Å²) in [4.78, 5) is 4.64. The molecule has 0 spiro atoms. The number of ether oxygens (including phenoxy) is 3. The van der Waals surface area contributed by atoms with Crippen LogP contribution in [0.15, 0.2) is 17.1 Å². The van der Waals surface area contributed by atoms with Crippen molar-refractivity contribution in [3.8, 4) is 5.75 Å². The summed E-state index contributed by atoms with van der Waals surface area (Å²) in [6, 6.07) is 3.01. The lowest BCUT2D eigenvalue weighted by Gasteiger charge is -2.21. The molecule has 2 N–H and O–H groups in total. The van der Waals surface area contributed by atoms with E-state index in [1.807, 2.05) is 13.8 Å². The van der Waals surface area contributed by atoms with Gasteiger partial charge in [-0.3, -0.25) is 4.99 Å². The fourth-order valence-electron chi connectivity index (χ4n) is 3.23. The second-order valence-electron chi connectivity index (χ2n) is 7.13. The van der Waals surface area contributed by atoms with Crippen LogP contribution in [0.25, 0.3) is 0 Å². The van der Waals surface area contributed by atoms with E-state index in [-0.39, 0.29) is 18.7 Å². The molecule has 158 valence electrons. The first-order valence-corrected chi connectivity index (χ1v) is 10.2. The first-order valence-electron chi connectivity index (χ1n) is 10.2. The van der Waals surface area contributed by atoms with Crippen molar-refractivity contribution in [2.45, 2.75) is 53.2 Å². The van der Waals surface area contributed by atoms with Gasteiger partial charge in [-0.15, -0.1) is 0 Å². The van der Waals surface area contributed by atoms with Crippen LogP contribution in [0.2, 0.25) is 0 Å². The minimum Gasteiger partial charge on any atom is -0.467 e. The van der Waals surface area contributed by atoms with Crippen molar-refractivity contribution < 1.29 is 18.6 Å². The van der Waals surface area contributed by atoms with Crippen molar-refractivity contribution in [3.05, 3.63) is 29.1 Å². The van der Waals surface area contributed by atoms with E-state index in [9.17, 15) is 4.39 Å². The molecule has 1 aliphatic rings. The number of rotatable bonds is 10. The second-order valence-corrected chi connectivity index (χ2v) is 7.13. The number of aliphatic imine (C=N–C) groups is 1. The maximum Gasteiger partial charge on any atom is 0.191 e. The number of halogens is 1. The lowest BCUT2D eigenvalue weighted by Crippen LogP contribution is -2.38. The molecule has 0 amide bonds. The SMILES string of the molecule is CCNC(=NCCC(OCC)C(C)C)NCCc1cc(F)cc2c1OCOC2. The smallest absolute Gasteiger partial charge is 0.191 e. The van der Waals surface area contributed by atoms with Gasteiger partial charge in [-0.25, -0.2) is 4.39 Å². The molecule has 0 bridgehead atoms. The lowest BCUT2D eigenvalue weighted by molar-refractivity contribution is -0.0172. The topological polar surface area (TPSA) is 64.1 Å². The summed E-state index contributed by atoms with van der Waals surface area (Å²) < 4.78 is 30.4. The number of benzene rings is 1. The highest BCUT2D eigenvalue weighted by molar-refractivity contribution is 5.79. The standard InChI is InChI=1S/C21H34FN3O3/c1-5-23-21(25-10-8-19(15(3)4)27-6-2)24-9-7-16-11-18(22)12-17-13-26-14-28-20(16)17/h11-12,15,19H,5-10,13-14H2,1-4H3,(H2,23,24,25). The van der Waals surface area contributed by atoms with Gasteiger partial charge < -0.3 is 24.8 Å². The Morgan fingerprint density at radius 2 is 2.11 bits per heavy atom. The molecule has 1 heterocycles. The maximum atomic E-state index is 13.9. The zero-order chi connectivity index (χ0) is 20.4. The maximum absolute atomic E-state index is 13.9. The number of guanidine groups is 1. The van der Waals surface area contributed by atoms with Gasteiger partial charge in [0.2, 0.25) is 0 Å². The number of nitrogens with zero attached hydrogens (tertiary/aromatic N) is 1. The predicted octanol–water partition coefficient (Wildman–Crippen LogP) is 3.24. The van der Waals surface area contributed by atoms with E-state index in [1.54, 1.807) is 0 Å². The van der Waals surface area contributed by atoms with Gasteiger partial charge in [0.05, 0.1) is 12.7 Å². The van der Waals surface area contributed by atoms with E-state index in [4.69, 9.17) is 14.2 Å². The van der Waals surface area contributed by atoms with Crippen molar-refractivity contribution in [2.75, 3.05) is 33.0 Å². The number of hydrogen-bond acceptors (Lipinski definition) is 4. The van der Waals surface area contributed by atoms with E-state index in [1.165, 1.54) is 12.1 Å². The van der Waals surface area contributed by atoms with Crippen LogP contribution in [0.1, 0.15) is 45.2 Å². The quantitative estimate of drug-likeness (QED) is 0.470. The Morgan fingerprint density at radius 3 is 2.82 bits per heavy atom. The second kappa shape index (κ2) is 11.9. The van der Waals surface area contributed by atoms with Crippen molar-refractivity contribution in [1.82, 2.24) is 10.6 Å². The fourth-order valence-corrected chi connectivity index (χ4v) is 3.23. The molecule has 28 heavy (non-hydrogen) atoms. The molecular formula is C21H34FN3O3. The Balaban J connectivity index is 1.90. The highest BCUT2D eigenvalue weighted by atomic mass is 19.1.